The van der Waals surface area contributed by atoms with Gasteiger partial charge in [-0.05, 0) is 32.6 Å². The predicted molar refractivity (Wildman–Crippen MR) is 62.5 cm³/mol. The smallest absolute Gasteiger partial charge is 0.407 e. The number of amides is 2. The lowest BCUT2D eigenvalue weighted by Gasteiger charge is -2.32. The third kappa shape index (κ3) is 3.35. The van der Waals surface area contributed by atoms with Crippen molar-refractivity contribution in [3.63, 3.8) is 0 Å². The Kier molecular flexibility index (Phi) is 3.86. The van der Waals surface area contributed by atoms with Crippen molar-refractivity contribution in [3.05, 3.63) is 0 Å². The van der Waals surface area contributed by atoms with Crippen LogP contribution in [-0.2, 0) is 9.53 Å². The third-order valence-corrected chi connectivity index (χ3v) is 3.33. The van der Waals surface area contributed by atoms with Crippen molar-refractivity contribution in [1.29, 1.82) is 0 Å². The molecule has 0 aromatic heterocycles. The summed E-state index contributed by atoms with van der Waals surface area (Å²) in [6, 6.07) is 0.150. The molecular weight excluding hydrogens is 220 g/mol. The molecular formula is C12H20N2O3. The summed E-state index contributed by atoms with van der Waals surface area (Å²) in [6.45, 7) is 3.69. The maximum Gasteiger partial charge on any atom is 0.407 e. The highest BCUT2D eigenvalue weighted by atomic mass is 16.5. The van der Waals surface area contributed by atoms with E-state index in [0.29, 0.717) is 18.4 Å². The first kappa shape index (κ1) is 12.2. The maximum absolute atomic E-state index is 11.8. The molecule has 1 saturated heterocycles. The maximum atomic E-state index is 11.8. The second-order valence-electron chi connectivity index (χ2n) is 4.74. The molecule has 1 N–H and O–H groups in total. The van der Waals surface area contributed by atoms with Gasteiger partial charge in [0.05, 0.1) is 6.61 Å². The van der Waals surface area contributed by atoms with Gasteiger partial charge in [0.2, 0.25) is 5.91 Å². The van der Waals surface area contributed by atoms with Gasteiger partial charge in [-0.2, -0.15) is 0 Å². The van der Waals surface area contributed by atoms with E-state index >= 15 is 0 Å². The molecule has 1 aliphatic carbocycles. The van der Waals surface area contributed by atoms with Gasteiger partial charge in [-0.3, -0.25) is 4.79 Å². The van der Waals surface area contributed by atoms with Crippen molar-refractivity contribution < 1.29 is 14.3 Å². The summed E-state index contributed by atoms with van der Waals surface area (Å²) in [7, 11) is 0. The minimum Gasteiger partial charge on any atom is -0.450 e. The molecule has 5 heteroatoms. The zero-order valence-corrected chi connectivity index (χ0v) is 10.3. The lowest BCUT2D eigenvalue weighted by atomic mass is 10.0. The van der Waals surface area contributed by atoms with Gasteiger partial charge in [-0.15, -0.1) is 0 Å². The topological polar surface area (TPSA) is 58.6 Å². The van der Waals surface area contributed by atoms with Gasteiger partial charge in [-0.1, -0.05) is 0 Å². The summed E-state index contributed by atoms with van der Waals surface area (Å²) < 4.78 is 4.84. The van der Waals surface area contributed by atoms with E-state index in [0.717, 1.165) is 38.8 Å². The average Bonchev–Trinajstić information content (AvgIpc) is 3.13. The highest BCUT2D eigenvalue weighted by molar-refractivity contribution is 5.81. The number of ether oxygens (including phenoxy) is 1. The van der Waals surface area contributed by atoms with Crippen LogP contribution >= 0.6 is 0 Å². The molecule has 2 amide bonds. The number of piperidine rings is 1. The van der Waals surface area contributed by atoms with Gasteiger partial charge < -0.3 is 15.0 Å². The number of carbonyl (C=O) groups is 2. The van der Waals surface area contributed by atoms with Gasteiger partial charge in [-0.25, -0.2) is 4.79 Å². The molecule has 1 saturated carbocycles. The molecule has 96 valence electrons. The van der Waals surface area contributed by atoms with Gasteiger partial charge in [0, 0.05) is 25.0 Å². The molecule has 1 heterocycles. The Morgan fingerprint density at radius 2 is 1.88 bits per heavy atom. The van der Waals surface area contributed by atoms with Crippen LogP contribution in [0.3, 0.4) is 0 Å². The zero-order chi connectivity index (χ0) is 12.3. The van der Waals surface area contributed by atoms with Crippen molar-refractivity contribution >= 4 is 12.0 Å². The number of hydrogen-bond donors (Lipinski definition) is 1. The lowest BCUT2D eigenvalue weighted by Crippen LogP contribution is -2.47. The third-order valence-electron chi connectivity index (χ3n) is 3.33. The van der Waals surface area contributed by atoms with E-state index in [1.165, 1.54) is 0 Å². The Hall–Kier alpha value is -1.26. The summed E-state index contributed by atoms with van der Waals surface area (Å²) in [5.41, 5.74) is 0. The monoisotopic (exact) mass is 240 g/mol. The molecule has 2 rings (SSSR count). The Labute approximate surface area is 101 Å². The Balaban J connectivity index is 1.70. The molecule has 0 bridgehead atoms. The quantitative estimate of drug-likeness (QED) is 0.804. The van der Waals surface area contributed by atoms with Crippen molar-refractivity contribution in [2.75, 3.05) is 19.7 Å². The Morgan fingerprint density at radius 3 is 2.41 bits per heavy atom. The number of nitrogens with zero attached hydrogens (tertiary/aromatic N) is 1. The van der Waals surface area contributed by atoms with Crippen LogP contribution in [0.4, 0.5) is 4.79 Å². The summed E-state index contributed by atoms with van der Waals surface area (Å²) >= 11 is 0. The standard InChI is InChI=1S/C12H20N2O3/c1-2-17-12(16)13-10-5-7-14(8-6-10)11(15)9-3-4-9/h9-10H,2-8H2,1H3,(H,13,16). The predicted octanol–water partition coefficient (Wildman–Crippen LogP) is 1.13. The molecule has 0 radical (unpaired) electrons. The number of hydrogen-bond acceptors (Lipinski definition) is 3. The fourth-order valence-electron chi connectivity index (χ4n) is 2.17. The Morgan fingerprint density at radius 1 is 1.24 bits per heavy atom. The van der Waals surface area contributed by atoms with Crippen molar-refractivity contribution in [2.24, 2.45) is 5.92 Å². The minimum atomic E-state index is -0.348. The number of nitrogens with one attached hydrogen (secondary N) is 1. The number of likely N-dealkylation sites (tertiary alicyclic amines) is 1. The fourth-order valence-corrected chi connectivity index (χ4v) is 2.17. The highest BCUT2D eigenvalue weighted by Gasteiger charge is 2.35. The van der Waals surface area contributed by atoms with E-state index in [4.69, 9.17) is 4.74 Å². The van der Waals surface area contributed by atoms with Crippen LogP contribution in [0.25, 0.3) is 0 Å². The van der Waals surface area contributed by atoms with Crippen molar-refractivity contribution in [2.45, 2.75) is 38.6 Å². The molecule has 2 fully saturated rings. The molecule has 17 heavy (non-hydrogen) atoms. The van der Waals surface area contributed by atoms with E-state index in [9.17, 15) is 9.59 Å². The van der Waals surface area contributed by atoms with Gasteiger partial charge in [0.15, 0.2) is 0 Å². The summed E-state index contributed by atoms with van der Waals surface area (Å²) in [5, 5.41) is 2.82. The average molecular weight is 240 g/mol. The molecule has 0 aromatic rings. The van der Waals surface area contributed by atoms with Gasteiger partial charge in [0.1, 0.15) is 0 Å². The Bertz CT molecular complexity index is 294. The molecule has 0 unspecified atom stereocenters. The molecule has 0 atom stereocenters. The first-order chi connectivity index (χ1) is 8.20. The van der Waals surface area contributed by atoms with Crippen LogP contribution in [0, 0.1) is 5.92 Å². The van der Waals surface area contributed by atoms with Crippen molar-refractivity contribution in [3.8, 4) is 0 Å². The van der Waals surface area contributed by atoms with Crippen molar-refractivity contribution in [1.82, 2.24) is 10.2 Å². The first-order valence-electron chi connectivity index (χ1n) is 6.42. The fraction of sp³-hybridized carbons (Fsp3) is 0.833. The van der Waals surface area contributed by atoms with E-state index in [1.54, 1.807) is 6.92 Å². The van der Waals surface area contributed by atoms with Crippen LogP contribution in [-0.4, -0.2) is 42.6 Å². The van der Waals surface area contributed by atoms with Crippen LogP contribution in [0.15, 0.2) is 0 Å². The molecule has 2 aliphatic rings. The van der Waals surface area contributed by atoms with Gasteiger partial charge in [0.25, 0.3) is 0 Å². The normalized spacial score (nSPS) is 21.1. The molecule has 0 spiro atoms. The molecule has 1 aliphatic heterocycles. The number of alkyl carbamates (subject to hydrolysis) is 1. The summed E-state index contributed by atoms with van der Waals surface area (Å²) in [5.74, 6) is 0.601. The second kappa shape index (κ2) is 5.38. The summed E-state index contributed by atoms with van der Waals surface area (Å²) in [4.78, 5) is 25.0. The SMILES string of the molecule is CCOC(=O)NC1CCN(C(=O)C2CC2)CC1. The number of carbonyl (C=O) groups excluding carboxylic acids is 2. The summed E-state index contributed by atoms with van der Waals surface area (Å²) in [6.07, 6.45) is 3.42. The van der Waals surface area contributed by atoms with Crippen LogP contribution in [0.2, 0.25) is 0 Å². The number of rotatable bonds is 3. The van der Waals surface area contributed by atoms with E-state index < -0.39 is 0 Å². The van der Waals surface area contributed by atoms with Gasteiger partial charge >= 0.3 is 6.09 Å². The van der Waals surface area contributed by atoms with Crippen LogP contribution in [0.5, 0.6) is 0 Å². The van der Waals surface area contributed by atoms with Crippen LogP contribution in [0.1, 0.15) is 32.6 Å². The lowest BCUT2D eigenvalue weighted by molar-refractivity contribution is -0.133. The largest absolute Gasteiger partial charge is 0.450 e. The highest BCUT2D eigenvalue weighted by Crippen LogP contribution is 2.31. The van der Waals surface area contributed by atoms with Crippen LogP contribution < -0.4 is 5.32 Å². The zero-order valence-electron chi connectivity index (χ0n) is 10.3. The van der Waals surface area contributed by atoms with E-state index in [2.05, 4.69) is 5.32 Å². The minimum absolute atomic E-state index is 0.150. The molecule has 5 nitrogen and oxygen atoms in total. The molecule has 0 aromatic carbocycles. The second-order valence-corrected chi connectivity index (χ2v) is 4.74. The first-order valence-corrected chi connectivity index (χ1v) is 6.42. The van der Waals surface area contributed by atoms with E-state index in [-0.39, 0.29) is 12.1 Å². The van der Waals surface area contributed by atoms with E-state index in [1.807, 2.05) is 4.90 Å².